The molecular weight excluding hydrogens is 268 g/mol. The van der Waals surface area contributed by atoms with Gasteiger partial charge in [-0.05, 0) is 24.6 Å². The van der Waals surface area contributed by atoms with Crippen LogP contribution in [0.3, 0.4) is 0 Å². The lowest BCUT2D eigenvalue weighted by Crippen LogP contribution is -2.19. The highest BCUT2D eigenvalue weighted by atomic mass is 32.2. The van der Waals surface area contributed by atoms with Gasteiger partial charge in [-0.1, -0.05) is 6.07 Å². The number of imidazole rings is 1. The molecule has 1 heterocycles. The quantitative estimate of drug-likeness (QED) is 0.852. The second kappa shape index (κ2) is 4.82. The fourth-order valence-electron chi connectivity index (χ4n) is 1.47. The summed E-state index contributed by atoms with van der Waals surface area (Å²) in [6.45, 7) is 1.75. The van der Waals surface area contributed by atoms with E-state index in [4.69, 9.17) is 5.14 Å². The molecule has 2 rings (SSSR count). The van der Waals surface area contributed by atoms with Gasteiger partial charge in [0.2, 0.25) is 10.0 Å². The molecule has 1 aromatic heterocycles. The second-order valence-electron chi connectivity index (χ2n) is 3.92. The van der Waals surface area contributed by atoms with Gasteiger partial charge in [-0.3, -0.25) is 4.57 Å². The van der Waals surface area contributed by atoms with E-state index in [1.54, 1.807) is 13.0 Å². The Morgan fingerprint density at radius 3 is 2.74 bits per heavy atom. The standard InChI is InChI=1S/C11H12N4O3S/c1-8-2-3-9(19(12,17)18)6-10(8)14-11(16)15-5-4-13-7-15/h2-7H,1H3,(H,14,16)(H2,12,17,18). The molecule has 1 amide bonds. The lowest BCUT2D eigenvalue weighted by molar-refractivity contribution is 0.253. The first kappa shape index (κ1) is 13.2. The number of nitrogens with one attached hydrogen (secondary N) is 1. The van der Waals surface area contributed by atoms with E-state index in [0.29, 0.717) is 5.69 Å². The number of aromatic nitrogens is 2. The summed E-state index contributed by atoms with van der Waals surface area (Å²) in [5, 5.41) is 7.63. The number of primary sulfonamides is 1. The molecule has 0 bridgehead atoms. The summed E-state index contributed by atoms with van der Waals surface area (Å²) in [5.41, 5.74) is 1.10. The minimum atomic E-state index is -3.80. The number of anilines is 1. The van der Waals surface area contributed by atoms with Gasteiger partial charge in [0.1, 0.15) is 6.33 Å². The third-order valence-electron chi connectivity index (χ3n) is 2.52. The predicted molar refractivity (Wildman–Crippen MR) is 69.2 cm³/mol. The van der Waals surface area contributed by atoms with Crippen LogP contribution in [0.4, 0.5) is 10.5 Å². The Kier molecular flexibility index (Phi) is 3.36. The number of nitrogens with two attached hydrogens (primary N) is 1. The first-order chi connectivity index (χ1) is 8.88. The Bertz CT molecular complexity index is 708. The Morgan fingerprint density at radius 2 is 2.16 bits per heavy atom. The van der Waals surface area contributed by atoms with Gasteiger partial charge >= 0.3 is 6.03 Å². The molecular formula is C11H12N4O3S. The molecule has 19 heavy (non-hydrogen) atoms. The molecule has 0 radical (unpaired) electrons. The van der Waals surface area contributed by atoms with Crippen molar-refractivity contribution in [3.63, 3.8) is 0 Å². The molecule has 0 aliphatic heterocycles. The number of benzene rings is 1. The molecule has 0 aliphatic carbocycles. The van der Waals surface area contributed by atoms with Crippen LogP contribution >= 0.6 is 0 Å². The molecule has 100 valence electrons. The fourth-order valence-corrected chi connectivity index (χ4v) is 2.01. The summed E-state index contributed by atoms with van der Waals surface area (Å²) in [6.07, 6.45) is 4.29. The Morgan fingerprint density at radius 1 is 1.42 bits per heavy atom. The van der Waals surface area contributed by atoms with E-state index in [9.17, 15) is 13.2 Å². The van der Waals surface area contributed by atoms with Crippen molar-refractivity contribution < 1.29 is 13.2 Å². The molecule has 7 nitrogen and oxygen atoms in total. The van der Waals surface area contributed by atoms with Crippen molar-refractivity contribution in [3.8, 4) is 0 Å². The lowest BCUT2D eigenvalue weighted by atomic mass is 10.2. The van der Waals surface area contributed by atoms with Gasteiger partial charge in [-0.15, -0.1) is 0 Å². The molecule has 3 N–H and O–H groups in total. The molecule has 0 saturated carbocycles. The van der Waals surface area contributed by atoms with Crippen molar-refractivity contribution in [2.75, 3.05) is 5.32 Å². The van der Waals surface area contributed by atoms with E-state index in [0.717, 1.165) is 5.56 Å². The summed E-state index contributed by atoms with van der Waals surface area (Å²) < 4.78 is 23.8. The van der Waals surface area contributed by atoms with E-state index >= 15 is 0 Å². The number of sulfonamides is 1. The van der Waals surface area contributed by atoms with Gasteiger partial charge in [0.25, 0.3) is 0 Å². The van der Waals surface area contributed by atoms with Crippen molar-refractivity contribution >= 4 is 21.7 Å². The topological polar surface area (TPSA) is 107 Å². The van der Waals surface area contributed by atoms with Gasteiger partial charge in [0.05, 0.1) is 4.90 Å². The van der Waals surface area contributed by atoms with E-state index in [-0.39, 0.29) is 4.90 Å². The molecule has 0 aliphatic rings. The minimum Gasteiger partial charge on any atom is -0.307 e. The van der Waals surface area contributed by atoms with E-state index in [1.165, 1.54) is 35.4 Å². The first-order valence-electron chi connectivity index (χ1n) is 5.31. The number of aryl methyl sites for hydroxylation is 1. The average Bonchev–Trinajstić information content (AvgIpc) is 2.84. The molecule has 1 aromatic carbocycles. The highest BCUT2D eigenvalue weighted by molar-refractivity contribution is 7.89. The fraction of sp³-hybridized carbons (Fsp3) is 0.0909. The van der Waals surface area contributed by atoms with Crippen LogP contribution in [0.15, 0.2) is 41.8 Å². The lowest BCUT2D eigenvalue weighted by Gasteiger charge is -2.09. The first-order valence-corrected chi connectivity index (χ1v) is 6.85. The van der Waals surface area contributed by atoms with Crippen LogP contribution in [0, 0.1) is 6.92 Å². The molecule has 2 aromatic rings. The van der Waals surface area contributed by atoms with Crippen LogP contribution < -0.4 is 10.5 Å². The molecule has 0 spiro atoms. The maximum Gasteiger partial charge on any atom is 0.331 e. The van der Waals surface area contributed by atoms with Crippen LogP contribution in [0.1, 0.15) is 5.56 Å². The Balaban J connectivity index is 2.32. The molecule has 0 saturated heterocycles. The highest BCUT2D eigenvalue weighted by Gasteiger charge is 2.12. The largest absolute Gasteiger partial charge is 0.331 e. The number of nitrogens with zero attached hydrogens (tertiary/aromatic N) is 2. The molecule has 0 atom stereocenters. The van der Waals surface area contributed by atoms with Gasteiger partial charge in [-0.2, -0.15) is 0 Å². The summed E-state index contributed by atoms with van der Waals surface area (Å²) in [4.78, 5) is 15.5. The third kappa shape index (κ3) is 2.98. The molecule has 0 fully saturated rings. The van der Waals surface area contributed by atoms with Crippen molar-refractivity contribution in [3.05, 3.63) is 42.5 Å². The van der Waals surface area contributed by atoms with Gasteiger partial charge in [0.15, 0.2) is 0 Å². The van der Waals surface area contributed by atoms with Crippen molar-refractivity contribution in [2.45, 2.75) is 11.8 Å². The zero-order chi connectivity index (χ0) is 14.0. The monoisotopic (exact) mass is 280 g/mol. The Hall–Kier alpha value is -2.19. The van der Waals surface area contributed by atoms with Crippen molar-refractivity contribution in [2.24, 2.45) is 5.14 Å². The summed E-state index contributed by atoms with van der Waals surface area (Å²) in [6, 6.07) is 3.84. The number of hydrogen-bond acceptors (Lipinski definition) is 4. The summed E-state index contributed by atoms with van der Waals surface area (Å²) in [7, 11) is -3.80. The predicted octanol–water partition coefficient (Wildman–Crippen LogP) is 0.919. The summed E-state index contributed by atoms with van der Waals surface area (Å²) in [5.74, 6) is 0. The minimum absolute atomic E-state index is 0.0565. The van der Waals surface area contributed by atoms with Gasteiger partial charge < -0.3 is 5.32 Å². The molecule has 8 heteroatoms. The normalized spacial score (nSPS) is 11.3. The zero-order valence-corrected chi connectivity index (χ0v) is 10.9. The van der Waals surface area contributed by atoms with Gasteiger partial charge in [0, 0.05) is 18.1 Å². The number of hydrogen-bond donors (Lipinski definition) is 2. The number of amides is 1. The number of carbonyl (C=O) groups is 1. The second-order valence-corrected chi connectivity index (χ2v) is 5.48. The number of carbonyl (C=O) groups excluding carboxylic acids is 1. The van der Waals surface area contributed by atoms with Crippen LogP contribution in [0.25, 0.3) is 0 Å². The van der Waals surface area contributed by atoms with Crippen LogP contribution in [-0.2, 0) is 10.0 Å². The van der Waals surface area contributed by atoms with Crippen LogP contribution in [0.2, 0.25) is 0 Å². The van der Waals surface area contributed by atoms with E-state index in [1.807, 2.05) is 0 Å². The maximum atomic E-state index is 11.8. The Labute approximate surface area is 110 Å². The summed E-state index contributed by atoms with van der Waals surface area (Å²) >= 11 is 0. The van der Waals surface area contributed by atoms with E-state index < -0.39 is 16.1 Å². The van der Waals surface area contributed by atoms with Crippen molar-refractivity contribution in [1.82, 2.24) is 9.55 Å². The van der Waals surface area contributed by atoms with Crippen molar-refractivity contribution in [1.29, 1.82) is 0 Å². The third-order valence-corrected chi connectivity index (χ3v) is 3.43. The highest BCUT2D eigenvalue weighted by Crippen LogP contribution is 2.19. The van der Waals surface area contributed by atoms with E-state index in [2.05, 4.69) is 10.3 Å². The molecule has 0 unspecified atom stereocenters. The SMILES string of the molecule is Cc1ccc(S(N)(=O)=O)cc1NC(=O)n1ccnc1. The van der Waals surface area contributed by atoms with Crippen LogP contribution in [-0.4, -0.2) is 24.0 Å². The smallest absolute Gasteiger partial charge is 0.307 e. The average molecular weight is 280 g/mol. The zero-order valence-electron chi connectivity index (χ0n) is 10.1. The van der Waals surface area contributed by atoms with Gasteiger partial charge in [-0.25, -0.2) is 23.3 Å². The number of rotatable bonds is 2. The maximum absolute atomic E-state index is 11.8. The van der Waals surface area contributed by atoms with Crippen LogP contribution in [0.5, 0.6) is 0 Å².